The van der Waals surface area contributed by atoms with Crippen LogP contribution >= 0.6 is 15.9 Å². The smallest absolute Gasteiger partial charge is 0.0764 e. The van der Waals surface area contributed by atoms with Crippen LogP contribution in [0.5, 0.6) is 0 Å². The molecule has 2 heteroatoms. The van der Waals surface area contributed by atoms with Crippen molar-refractivity contribution >= 4 is 22.0 Å². The molecule has 0 amide bonds. The largest absolute Gasteiger partial charge is 0.374 e. The van der Waals surface area contributed by atoms with Crippen LogP contribution in [-0.4, -0.2) is 12.7 Å². The number of hydrogen-bond acceptors (Lipinski definition) is 1. The second-order valence-corrected chi connectivity index (χ2v) is 6.35. The zero-order chi connectivity index (χ0) is 12.3. The van der Waals surface area contributed by atoms with Crippen LogP contribution in [0.1, 0.15) is 32.3 Å². The molecule has 1 aromatic rings. The SMILES string of the molecule is CC1(C)CCOC(/C=C/c2ccc(Br)cc2)C1. The van der Waals surface area contributed by atoms with Gasteiger partial charge in [0, 0.05) is 11.1 Å². The van der Waals surface area contributed by atoms with Crippen molar-refractivity contribution in [2.24, 2.45) is 5.41 Å². The third-order valence-electron chi connectivity index (χ3n) is 3.24. The summed E-state index contributed by atoms with van der Waals surface area (Å²) in [6, 6.07) is 8.33. The summed E-state index contributed by atoms with van der Waals surface area (Å²) in [4.78, 5) is 0. The molecule has 1 aliphatic rings. The van der Waals surface area contributed by atoms with Crippen molar-refractivity contribution in [3.63, 3.8) is 0 Å². The molecule has 17 heavy (non-hydrogen) atoms. The van der Waals surface area contributed by atoms with E-state index in [-0.39, 0.29) is 6.10 Å². The lowest BCUT2D eigenvalue weighted by molar-refractivity contribution is -0.00951. The van der Waals surface area contributed by atoms with E-state index in [2.05, 4.69) is 66.2 Å². The molecule has 1 aliphatic heterocycles. The van der Waals surface area contributed by atoms with Crippen LogP contribution in [0.25, 0.3) is 6.08 Å². The highest BCUT2D eigenvalue weighted by atomic mass is 79.9. The fourth-order valence-electron chi connectivity index (χ4n) is 2.11. The predicted octanol–water partition coefficient (Wildman–Crippen LogP) is 4.67. The second kappa shape index (κ2) is 5.36. The first-order valence-electron chi connectivity index (χ1n) is 6.11. The fourth-order valence-corrected chi connectivity index (χ4v) is 2.37. The first-order valence-corrected chi connectivity index (χ1v) is 6.90. The highest BCUT2D eigenvalue weighted by Crippen LogP contribution is 2.32. The quantitative estimate of drug-likeness (QED) is 0.770. The van der Waals surface area contributed by atoms with Crippen LogP contribution in [0, 0.1) is 5.41 Å². The molecule has 1 atom stereocenters. The predicted molar refractivity (Wildman–Crippen MR) is 75.9 cm³/mol. The third kappa shape index (κ3) is 3.97. The summed E-state index contributed by atoms with van der Waals surface area (Å²) in [7, 11) is 0. The second-order valence-electron chi connectivity index (χ2n) is 5.44. The number of rotatable bonds is 2. The van der Waals surface area contributed by atoms with Gasteiger partial charge in [0.15, 0.2) is 0 Å². The molecule has 0 bridgehead atoms. The lowest BCUT2D eigenvalue weighted by atomic mass is 9.82. The average molecular weight is 295 g/mol. The molecule has 0 saturated carbocycles. The van der Waals surface area contributed by atoms with Gasteiger partial charge in [-0.25, -0.2) is 0 Å². The first-order chi connectivity index (χ1) is 8.05. The normalized spacial score (nSPS) is 24.1. The number of halogens is 1. The summed E-state index contributed by atoms with van der Waals surface area (Å²) in [5.74, 6) is 0. The number of hydrogen-bond donors (Lipinski definition) is 0. The lowest BCUT2D eigenvalue weighted by Crippen LogP contribution is -2.29. The van der Waals surface area contributed by atoms with Gasteiger partial charge in [-0.3, -0.25) is 0 Å². The maximum absolute atomic E-state index is 5.76. The molecule has 0 aliphatic carbocycles. The van der Waals surface area contributed by atoms with Crippen LogP contribution < -0.4 is 0 Å². The van der Waals surface area contributed by atoms with Gasteiger partial charge < -0.3 is 4.74 Å². The molecule has 0 aromatic heterocycles. The van der Waals surface area contributed by atoms with Gasteiger partial charge in [-0.2, -0.15) is 0 Å². The van der Waals surface area contributed by atoms with Gasteiger partial charge in [0.1, 0.15) is 0 Å². The highest BCUT2D eigenvalue weighted by Gasteiger charge is 2.26. The van der Waals surface area contributed by atoms with Crippen LogP contribution in [0.2, 0.25) is 0 Å². The van der Waals surface area contributed by atoms with Gasteiger partial charge in [-0.1, -0.05) is 54.1 Å². The van der Waals surface area contributed by atoms with Crippen molar-refractivity contribution < 1.29 is 4.74 Å². The van der Waals surface area contributed by atoms with Crippen molar-refractivity contribution in [3.8, 4) is 0 Å². The Bertz CT molecular complexity index is 392. The van der Waals surface area contributed by atoms with Crippen molar-refractivity contribution in [3.05, 3.63) is 40.4 Å². The minimum Gasteiger partial charge on any atom is -0.374 e. The molecule has 1 unspecified atom stereocenters. The van der Waals surface area contributed by atoms with E-state index in [4.69, 9.17) is 4.74 Å². The third-order valence-corrected chi connectivity index (χ3v) is 3.77. The van der Waals surface area contributed by atoms with E-state index in [1.807, 2.05) is 0 Å². The van der Waals surface area contributed by atoms with E-state index < -0.39 is 0 Å². The van der Waals surface area contributed by atoms with Crippen molar-refractivity contribution in [1.82, 2.24) is 0 Å². The summed E-state index contributed by atoms with van der Waals surface area (Å²) < 4.78 is 6.88. The van der Waals surface area contributed by atoms with E-state index in [1.165, 1.54) is 5.56 Å². The zero-order valence-corrected chi connectivity index (χ0v) is 12.0. The Kier molecular flexibility index (Phi) is 4.05. The van der Waals surface area contributed by atoms with Crippen molar-refractivity contribution in [2.75, 3.05) is 6.61 Å². The van der Waals surface area contributed by atoms with Gasteiger partial charge in [0.05, 0.1) is 6.10 Å². The monoisotopic (exact) mass is 294 g/mol. The molecule has 1 saturated heterocycles. The molecular weight excluding hydrogens is 276 g/mol. The Balaban J connectivity index is 1.98. The van der Waals surface area contributed by atoms with Gasteiger partial charge in [0.2, 0.25) is 0 Å². The van der Waals surface area contributed by atoms with E-state index in [9.17, 15) is 0 Å². The molecule has 1 fully saturated rings. The molecule has 1 nitrogen and oxygen atoms in total. The summed E-state index contributed by atoms with van der Waals surface area (Å²) >= 11 is 3.44. The molecular formula is C15H19BrO. The summed E-state index contributed by atoms with van der Waals surface area (Å²) in [5.41, 5.74) is 1.63. The van der Waals surface area contributed by atoms with E-state index >= 15 is 0 Å². The summed E-state index contributed by atoms with van der Waals surface area (Å²) in [6.07, 6.45) is 6.88. The first kappa shape index (κ1) is 12.8. The molecule has 92 valence electrons. The Morgan fingerprint density at radius 2 is 2.00 bits per heavy atom. The van der Waals surface area contributed by atoms with Crippen LogP contribution in [0.15, 0.2) is 34.8 Å². The number of ether oxygens (including phenoxy) is 1. The Hall–Kier alpha value is -0.600. The van der Waals surface area contributed by atoms with Crippen LogP contribution in [0.4, 0.5) is 0 Å². The van der Waals surface area contributed by atoms with E-state index in [0.29, 0.717) is 5.41 Å². The Morgan fingerprint density at radius 1 is 1.29 bits per heavy atom. The average Bonchev–Trinajstić information content (AvgIpc) is 2.27. The Labute approximate surface area is 112 Å². The molecule has 0 radical (unpaired) electrons. The zero-order valence-electron chi connectivity index (χ0n) is 10.4. The molecule has 1 heterocycles. The Morgan fingerprint density at radius 3 is 2.65 bits per heavy atom. The van der Waals surface area contributed by atoms with Crippen molar-refractivity contribution in [1.29, 1.82) is 0 Å². The van der Waals surface area contributed by atoms with Crippen LogP contribution in [0.3, 0.4) is 0 Å². The maximum Gasteiger partial charge on any atom is 0.0764 e. The fraction of sp³-hybridized carbons (Fsp3) is 0.467. The maximum atomic E-state index is 5.76. The van der Waals surface area contributed by atoms with Crippen LogP contribution in [-0.2, 0) is 4.74 Å². The molecule has 2 rings (SSSR count). The standard InChI is InChI=1S/C15H19BrO/c1-15(2)9-10-17-14(11-15)8-5-12-3-6-13(16)7-4-12/h3-8,14H,9-11H2,1-2H3/b8-5+. The molecule has 1 aromatic carbocycles. The van der Waals surface area contributed by atoms with Gasteiger partial charge in [0.25, 0.3) is 0 Å². The minimum atomic E-state index is 0.266. The summed E-state index contributed by atoms with van der Waals surface area (Å²) in [5, 5.41) is 0. The highest BCUT2D eigenvalue weighted by molar-refractivity contribution is 9.10. The molecule has 0 spiro atoms. The minimum absolute atomic E-state index is 0.266. The lowest BCUT2D eigenvalue weighted by Gasteiger charge is -2.33. The number of benzene rings is 1. The molecule has 0 N–H and O–H groups in total. The summed E-state index contributed by atoms with van der Waals surface area (Å²) in [6.45, 7) is 5.51. The van der Waals surface area contributed by atoms with Crippen molar-refractivity contribution in [2.45, 2.75) is 32.8 Å². The van der Waals surface area contributed by atoms with Gasteiger partial charge in [-0.15, -0.1) is 0 Å². The van der Waals surface area contributed by atoms with E-state index in [0.717, 1.165) is 23.9 Å². The topological polar surface area (TPSA) is 9.23 Å². The van der Waals surface area contributed by atoms with E-state index in [1.54, 1.807) is 0 Å². The van der Waals surface area contributed by atoms with Gasteiger partial charge in [-0.05, 0) is 36.0 Å². The van der Waals surface area contributed by atoms with Gasteiger partial charge >= 0.3 is 0 Å².